The molecule has 1 aromatic rings. The number of nitrogen functional groups attached to an aromatic ring is 1. The second-order valence-corrected chi connectivity index (χ2v) is 4.62. The van der Waals surface area contributed by atoms with E-state index in [1.807, 2.05) is 0 Å². The minimum Gasteiger partial charge on any atom is -0.396 e. The number of nitrogens with zero attached hydrogens (tertiary/aromatic N) is 1. The van der Waals surface area contributed by atoms with E-state index in [-0.39, 0.29) is 5.12 Å². The lowest BCUT2D eigenvalue weighted by atomic mass is 10.3. The maximum Gasteiger partial charge on any atom is 0.185 e. The number of carbonyl (C=O) groups excluding carboxylic acids is 1. The van der Waals surface area contributed by atoms with Crippen LogP contribution in [0.1, 0.15) is 19.0 Å². The zero-order chi connectivity index (χ0) is 12.0. The average Bonchev–Trinajstić information content (AvgIpc) is 2.22. The summed E-state index contributed by atoms with van der Waals surface area (Å²) < 4.78 is 0. The van der Waals surface area contributed by atoms with E-state index in [0.29, 0.717) is 28.7 Å². The van der Waals surface area contributed by atoms with Crippen LogP contribution >= 0.6 is 23.4 Å². The van der Waals surface area contributed by atoms with Crippen LogP contribution in [0.25, 0.3) is 0 Å². The van der Waals surface area contributed by atoms with Crippen molar-refractivity contribution in [1.29, 1.82) is 0 Å². The Morgan fingerprint density at radius 1 is 1.62 bits per heavy atom. The molecule has 0 radical (unpaired) electrons. The lowest BCUT2D eigenvalue weighted by molar-refractivity contribution is -0.109. The zero-order valence-electron chi connectivity index (χ0n) is 8.79. The van der Waals surface area contributed by atoms with Crippen molar-refractivity contribution in [3.63, 3.8) is 0 Å². The van der Waals surface area contributed by atoms with E-state index in [1.54, 1.807) is 12.1 Å². The first-order chi connectivity index (χ1) is 7.59. The molecule has 5 heteroatoms. The predicted molar refractivity (Wildman–Crippen MR) is 68.3 cm³/mol. The van der Waals surface area contributed by atoms with Gasteiger partial charge >= 0.3 is 0 Å². The van der Waals surface area contributed by atoms with Gasteiger partial charge in [0, 0.05) is 19.1 Å². The highest BCUT2D eigenvalue weighted by molar-refractivity contribution is 8.13. The fraction of sp³-hybridized carbons (Fsp3) is 0.273. The van der Waals surface area contributed by atoms with Crippen molar-refractivity contribution in [3.05, 3.63) is 23.0 Å². The molecular formula is C11H11ClN2OS. The molecule has 0 amide bonds. The van der Waals surface area contributed by atoms with Crippen molar-refractivity contribution >= 4 is 34.2 Å². The highest BCUT2D eigenvalue weighted by atomic mass is 35.5. The Balaban J connectivity index is 2.56. The molecule has 0 bridgehead atoms. The summed E-state index contributed by atoms with van der Waals surface area (Å²) in [6, 6.07) is 3.29. The topological polar surface area (TPSA) is 56.0 Å². The molecule has 3 nitrogen and oxygen atoms in total. The van der Waals surface area contributed by atoms with Crippen molar-refractivity contribution in [3.8, 4) is 11.8 Å². The number of aromatic nitrogens is 1. The number of rotatable bonds is 2. The monoisotopic (exact) mass is 254 g/mol. The van der Waals surface area contributed by atoms with Crippen LogP contribution in [-0.2, 0) is 4.79 Å². The van der Waals surface area contributed by atoms with Crippen molar-refractivity contribution in [2.75, 3.05) is 11.5 Å². The molecule has 1 heterocycles. The summed E-state index contributed by atoms with van der Waals surface area (Å²) in [5.74, 6) is 6.42. The van der Waals surface area contributed by atoms with Gasteiger partial charge in [0.25, 0.3) is 0 Å². The van der Waals surface area contributed by atoms with Gasteiger partial charge in [-0.25, -0.2) is 4.98 Å². The number of hydrogen-bond donors (Lipinski definition) is 1. The van der Waals surface area contributed by atoms with Gasteiger partial charge in [0.05, 0.1) is 5.69 Å². The normalized spacial score (nSPS) is 9.38. The first-order valence-corrected chi connectivity index (χ1v) is 6.00. The number of nitrogens with two attached hydrogens (primary N) is 1. The number of carbonyl (C=O) groups is 1. The van der Waals surface area contributed by atoms with E-state index < -0.39 is 0 Å². The molecule has 0 spiro atoms. The van der Waals surface area contributed by atoms with Gasteiger partial charge in [0.2, 0.25) is 0 Å². The molecule has 0 atom stereocenters. The molecule has 0 unspecified atom stereocenters. The Morgan fingerprint density at radius 3 is 3.06 bits per heavy atom. The van der Waals surface area contributed by atoms with Crippen molar-refractivity contribution in [2.24, 2.45) is 0 Å². The van der Waals surface area contributed by atoms with Gasteiger partial charge in [0.1, 0.15) is 10.8 Å². The number of halogens is 1. The molecule has 0 aliphatic carbocycles. The van der Waals surface area contributed by atoms with E-state index in [9.17, 15) is 4.79 Å². The third kappa shape index (κ3) is 4.56. The first kappa shape index (κ1) is 12.9. The second kappa shape index (κ2) is 6.41. The van der Waals surface area contributed by atoms with Crippen LogP contribution in [0.2, 0.25) is 5.15 Å². The summed E-state index contributed by atoms with van der Waals surface area (Å²) in [5, 5.41) is 0.471. The zero-order valence-corrected chi connectivity index (χ0v) is 10.4. The number of hydrogen-bond acceptors (Lipinski definition) is 4. The van der Waals surface area contributed by atoms with Gasteiger partial charge in [-0.2, -0.15) is 0 Å². The predicted octanol–water partition coefficient (Wildman–Crippen LogP) is 2.34. The Bertz CT molecular complexity index is 451. The summed E-state index contributed by atoms with van der Waals surface area (Å²) in [6.07, 6.45) is 0.623. The maximum atomic E-state index is 10.6. The number of thioether (sulfide) groups is 1. The van der Waals surface area contributed by atoms with Crippen LogP contribution in [0, 0.1) is 11.8 Å². The minimum atomic E-state index is 0.0993. The third-order valence-electron chi connectivity index (χ3n) is 1.63. The molecule has 0 aliphatic heterocycles. The Hall–Kier alpha value is -1.18. The number of anilines is 1. The van der Waals surface area contributed by atoms with Crippen molar-refractivity contribution in [2.45, 2.75) is 13.3 Å². The van der Waals surface area contributed by atoms with E-state index >= 15 is 0 Å². The summed E-state index contributed by atoms with van der Waals surface area (Å²) in [5.41, 5.74) is 6.67. The lowest BCUT2D eigenvalue weighted by Crippen LogP contribution is -1.93. The third-order valence-corrected chi connectivity index (χ3v) is 2.66. The van der Waals surface area contributed by atoms with Gasteiger partial charge in [-0.3, -0.25) is 4.79 Å². The summed E-state index contributed by atoms with van der Waals surface area (Å²) in [4.78, 5) is 14.6. The highest BCUT2D eigenvalue weighted by Crippen LogP contribution is 2.12. The molecule has 1 rings (SSSR count). The van der Waals surface area contributed by atoms with E-state index in [1.165, 1.54) is 18.7 Å². The molecule has 0 fully saturated rings. The van der Waals surface area contributed by atoms with Crippen molar-refractivity contribution in [1.82, 2.24) is 4.98 Å². The SMILES string of the molecule is CC(=O)SCCC#Cc1nc(Cl)ccc1N. The van der Waals surface area contributed by atoms with Gasteiger partial charge in [-0.15, -0.1) is 0 Å². The van der Waals surface area contributed by atoms with Crippen molar-refractivity contribution < 1.29 is 4.79 Å². The molecule has 0 aromatic carbocycles. The molecule has 0 saturated heterocycles. The first-order valence-electron chi connectivity index (χ1n) is 4.64. The standard InChI is InChI=1S/C11H11ClN2OS/c1-8(15)16-7-3-2-4-10-9(13)5-6-11(12)14-10/h5-6H,3,7,13H2,1H3. The van der Waals surface area contributed by atoms with E-state index in [2.05, 4.69) is 16.8 Å². The average molecular weight is 255 g/mol. The van der Waals surface area contributed by atoms with E-state index in [4.69, 9.17) is 17.3 Å². The van der Waals surface area contributed by atoms with Crippen LogP contribution in [0.15, 0.2) is 12.1 Å². The molecule has 0 saturated carbocycles. The van der Waals surface area contributed by atoms with Crippen LogP contribution in [0.3, 0.4) is 0 Å². The minimum absolute atomic E-state index is 0.0993. The van der Waals surface area contributed by atoms with Crippen LogP contribution in [-0.4, -0.2) is 15.9 Å². The fourth-order valence-electron chi connectivity index (χ4n) is 0.938. The second-order valence-electron chi connectivity index (χ2n) is 2.96. The molecule has 2 N–H and O–H groups in total. The van der Waals surface area contributed by atoms with Crippen LogP contribution in [0.4, 0.5) is 5.69 Å². The molecule has 84 valence electrons. The summed E-state index contributed by atoms with van der Waals surface area (Å²) >= 11 is 6.97. The Kier molecular flexibility index (Phi) is 5.17. The van der Waals surface area contributed by atoms with Gasteiger partial charge in [-0.1, -0.05) is 29.3 Å². The molecule has 16 heavy (non-hydrogen) atoms. The molecule has 1 aromatic heterocycles. The quantitative estimate of drug-likeness (QED) is 0.500. The van der Waals surface area contributed by atoms with E-state index in [0.717, 1.165) is 0 Å². The van der Waals surface area contributed by atoms with Gasteiger partial charge < -0.3 is 5.73 Å². The Labute approximate surface area is 104 Å². The van der Waals surface area contributed by atoms with Crippen LogP contribution < -0.4 is 5.73 Å². The summed E-state index contributed by atoms with van der Waals surface area (Å²) in [7, 11) is 0. The molecule has 0 aliphatic rings. The van der Waals surface area contributed by atoms with Gasteiger partial charge in [-0.05, 0) is 18.1 Å². The van der Waals surface area contributed by atoms with Gasteiger partial charge in [0.15, 0.2) is 5.12 Å². The fourth-order valence-corrected chi connectivity index (χ4v) is 1.58. The largest absolute Gasteiger partial charge is 0.396 e. The smallest absolute Gasteiger partial charge is 0.185 e. The summed E-state index contributed by atoms with van der Waals surface area (Å²) in [6.45, 7) is 1.54. The maximum absolute atomic E-state index is 10.6. The Morgan fingerprint density at radius 2 is 2.38 bits per heavy atom. The highest BCUT2D eigenvalue weighted by Gasteiger charge is 1.97. The molecular weight excluding hydrogens is 244 g/mol. The van der Waals surface area contributed by atoms with Crippen LogP contribution in [0.5, 0.6) is 0 Å². The lowest BCUT2D eigenvalue weighted by Gasteiger charge is -1.96. The number of pyridine rings is 1.